The predicted molar refractivity (Wildman–Crippen MR) is 92.7 cm³/mol. The number of hydrogen-bond acceptors (Lipinski definition) is 4. The lowest BCUT2D eigenvalue weighted by Crippen LogP contribution is -2.31. The first-order chi connectivity index (χ1) is 10.7. The van der Waals surface area contributed by atoms with E-state index in [1.165, 1.54) is 18.4 Å². The Bertz CT molecular complexity index is 424. The van der Waals surface area contributed by atoms with Gasteiger partial charge in [0.25, 0.3) is 0 Å². The number of benzene rings is 1. The van der Waals surface area contributed by atoms with Crippen LogP contribution in [0.5, 0.6) is 11.5 Å². The maximum atomic E-state index is 6.01. The van der Waals surface area contributed by atoms with Gasteiger partial charge in [0.2, 0.25) is 0 Å². The van der Waals surface area contributed by atoms with Gasteiger partial charge in [-0.15, -0.1) is 0 Å². The Morgan fingerprint density at radius 1 is 1.14 bits per heavy atom. The number of nitrogens with zero attached hydrogens (tertiary/aromatic N) is 1. The van der Waals surface area contributed by atoms with Gasteiger partial charge in [-0.2, -0.15) is 0 Å². The number of likely N-dealkylation sites (N-methyl/N-ethyl adjacent to an activating group) is 1. The minimum absolute atomic E-state index is 0.214. The summed E-state index contributed by atoms with van der Waals surface area (Å²) in [6.07, 6.45) is 4.54. The van der Waals surface area contributed by atoms with Crippen molar-refractivity contribution in [1.29, 1.82) is 0 Å². The highest BCUT2D eigenvalue weighted by Crippen LogP contribution is 2.31. The van der Waals surface area contributed by atoms with Gasteiger partial charge < -0.3 is 15.2 Å². The van der Waals surface area contributed by atoms with Crippen LogP contribution in [0.15, 0.2) is 18.2 Å². The van der Waals surface area contributed by atoms with Crippen LogP contribution in [-0.4, -0.2) is 38.8 Å². The minimum atomic E-state index is 0.214. The Hall–Kier alpha value is -1.26. The third-order valence-electron chi connectivity index (χ3n) is 3.95. The summed E-state index contributed by atoms with van der Waals surface area (Å²) in [6.45, 7) is 6.73. The molecule has 22 heavy (non-hydrogen) atoms. The third-order valence-corrected chi connectivity index (χ3v) is 3.95. The molecule has 0 aliphatic carbocycles. The Morgan fingerprint density at radius 3 is 2.45 bits per heavy atom. The normalized spacial score (nSPS) is 12.5. The molecule has 126 valence electrons. The van der Waals surface area contributed by atoms with Crippen LogP contribution in [0.4, 0.5) is 0 Å². The van der Waals surface area contributed by atoms with Crippen molar-refractivity contribution in [2.24, 2.45) is 5.73 Å². The van der Waals surface area contributed by atoms with Crippen molar-refractivity contribution in [3.05, 3.63) is 23.8 Å². The molecule has 0 aliphatic heterocycles. The summed E-state index contributed by atoms with van der Waals surface area (Å²) in [5.41, 5.74) is 7.19. The van der Waals surface area contributed by atoms with Crippen LogP contribution in [0.3, 0.4) is 0 Å². The first-order valence-corrected chi connectivity index (χ1v) is 8.38. The van der Waals surface area contributed by atoms with Gasteiger partial charge in [0, 0.05) is 12.6 Å². The van der Waals surface area contributed by atoms with Crippen molar-refractivity contribution in [2.75, 3.05) is 33.9 Å². The summed E-state index contributed by atoms with van der Waals surface area (Å²) in [4.78, 5) is 2.32. The zero-order valence-corrected chi connectivity index (χ0v) is 14.6. The molecule has 2 N–H and O–H groups in total. The summed E-state index contributed by atoms with van der Waals surface area (Å²) < 4.78 is 11.3. The first-order valence-electron chi connectivity index (χ1n) is 8.38. The van der Waals surface area contributed by atoms with Crippen LogP contribution in [-0.2, 0) is 0 Å². The third kappa shape index (κ3) is 5.50. The Kier molecular flexibility index (Phi) is 8.94. The van der Waals surface area contributed by atoms with Gasteiger partial charge in [-0.05, 0) is 44.1 Å². The number of hydrogen-bond donors (Lipinski definition) is 1. The molecule has 0 saturated heterocycles. The molecule has 4 nitrogen and oxygen atoms in total. The van der Waals surface area contributed by atoms with E-state index in [2.05, 4.69) is 37.9 Å². The molecule has 0 spiro atoms. The first kappa shape index (κ1) is 18.8. The summed E-state index contributed by atoms with van der Waals surface area (Å²) >= 11 is 0. The molecule has 1 aromatic rings. The second-order valence-corrected chi connectivity index (χ2v) is 5.70. The van der Waals surface area contributed by atoms with E-state index >= 15 is 0 Å². The van der Waals surface area contributed by atoms with E-state index in [-0.39, 0.29) is 6.04 Å². The van der Waals surface area contributed by atoms with E-state index in [9.17, 15) is 0 Å². The standard InChI is InChI=1S/C18H32N2O2/c1-5-7-11-20(3)16(14-19)15-9-10-17(21-4)18(13-15)22-12-8-6-2/h9-10,13,16H,5-8,11-12,14,19H2,1-4H3. The van der Waals surface area contributed by atoms with E-state index in [0.717, 1.165) is 37.5 Å². The largest absolute Gasteiger partial charge is 0.493 e. The molecule has 0 amide bonds. The highest BCUT2D eigenvalue weighted by molar-refractivity contribution is 5.44. The summed E-state index contributed by atoms with van der Waals surface area (Å²) in [6, 6.07) is 6.36. The second-order valence-electron chi connectivity index (χ2n) is 5.70. The molecular weight excluding hydrogens is 276 g/mol. The Balaban J connectivity index is 2.89. The fourth-order valence-electron chi connectivity index (χ4n) is 2.47. The summed E-state index contributed by atoms with van der Waals surface area (Å²) in [5.74, 6) is 1.60. The second kappa shape index (κ2) is 10.5. The molecule has 0 fully saturated rings. The van der Waals surface area contributed by atoms with Gasteiger partial charge in [-0.3, -0.25) is 4.90 Å². The number of unbranched alkanes of at least 4 members (excludes halogenated alkanes) is 2. The highest BCUT2D eigenvalue weighted by atomic mass is 16.5. The zero-order valence-electron chi connectivity index (χ0n) is 14.6. The van der Waals surface area contributed by atoms with E-state index in [4.69, 9.17) is 15.2 Å². The lowest BCUT2D eigenvalue weighted by molar-refractivity contribution is 0.244. The predicted octanol–water partition coefficient (Wildman–Crippen LogP) is 3.61. The van der Waals surface area contributed by atoms with Crippen LogP contribution in [0.1, 0.15) is 51.1 Å². The molecule has 0 aliphatic rings. The van der Waals surface area contributed by atoms with Crippen molar-refractivity contribution in [1.82, 2.24) is 4.90 Å². The molecule has 1 aromatic carbocycles. The van der Waals surface area contributed by atoms with Gasteiger partial charge in [0.05, 0.1) is 13.7 Å². The maximum absolute atomic E-state index is 6.01. The van der Waals surface area contributed by atoms with Crippen LogP contribution < -0.4 is 15.2 Å². The molecule has 1 rings (SSSR count). The van der Waals surface area contributed by atoms with Crippen LogP contribution in [0.25, 0.3) is 0 Å². The average Bonchev–Trinajstić information content (AvgIpc) is 2.54. The van der Waals surface area contributed by atoms with Crippen molar-refractivity contribution in [3.8, 4) is 11.5 Å². The lowest BCUT2D eigenvalue weighted by atomic mass is 10.0. The average molecular weight is 308 g/mol. The van der Waals surface area contributed by atoms with E-state index in [1.807, 2.05) is 6.07 Å². The molecule has 0 bridgehead atoms. The van der Waals surface area contributed by atoms with Crippen LogP contribution >= 0.6 is 0 Å². The van der Waals surface area contributed by atoms with Gasteiger partial charge in [0.1, 0.15) is 0 Å². The van der Waals surface area contributed by atoms with Crippen molar-refractivity contribution < 1.29 is 9.47 Å². The fraction of sp³-hybridized carbons (Fsp3) is 0.667. The minimum Gasteiger partial charge on any atom is -0.493 e. The maximum Gasteiger partial charge on any atom is 0.161 e. The summed E-state index contributed by atoms with van der Waals surface area (Å²) in [5, 5.41) is 0. The molecule has 0 radical (unpaired) electrons. The molecule has 1 unspecified atom stereocenters. The van der Waals surface area contributed by atoms with Gasteiger partial charge in [0.15, 0.2) is 11.5 Å². The Labute approximate surface area is 135 Å². The summed E-state index contributed by atoms with van der Waals surface area (Å²) in [7, 11) is 3.81. The van der Waals surface area contributed by atoms with Gasteiger partial charge >= 0.3 is 0 Å². The topological polar surface area (TPSA) is 47.7 Å². The molecule has 1 atom stereocenters. The zero-order chi connectivity index (χ0) is 16.4. The van der Waals surface area contributed by atoms with Crippen LogP contribution in [0, 0.1) is 0 Å². The quantitative estimate of drug-likeness (QED) is 0.634. The monoisotopic (exact) mass is 308 g/mol. The van der Waals surface area contributed by atoms with Crippen molar-refractivity contribution in [2.45, 2.75) is 45.6 Å². The Morgan fingerprint density at radius 2 is 1.86 bits per heavy atom. The lowest BCUT2D eigenvalue weighted by Gasteiger charge is -2.28. The number of methoxy groups -OCH3 is 1. The number of rotatable bonds is 11. The molecule has 0 saturated carbocycles. The molecule has 4 heteroatoms. The number of ether oxygens (including phenoxy) is 2. The van der Waals surface area contributed by atoms with Crippen molar-refractivity contribution in [3.63, 3.8) is 0 Å². The van der Waals surface area contributed by atoms with Gasteiger partial charge in [-0.1, -0.05) is 32.8 Å². The van der Waals surface area contributed by atoms with Gasteiger partial charge in [-0.25, -0.2) is 0 Å². The van der Waals surface area contributed by atoms with E-state index < -0.39 is 0 Å². The van der Waals surface area contributed by atoms with E-state index in [0.29, 0.717) is 6.54 Å². The highest BCUT2D eigenvalue weighted by Gasteiger charge is 2.17. The number of nitrogens with two attached hydrogens (primary N) is 1. The SMILES string of the molecule is CCCCOc1cc(C(CN)N(C)CCCC)ccc1OC. The molecule has 0 aromatic heterocycles. The van der Waals surface area contributed by atoms with Crippen molar-refractivity contribution >= 4 is 0 Å². The smallest absolute Gasteiger partial charge is 0.161 e. The fourth-order valence-corrected chi connectivity index (χ4v) is 2.47. The molecular formula is C18H32N2O2. The van der Waals surface area contributed by atoms with E-state index in [1.54, 1.807) is 7.11 Å². The van der Waals surface area contributed by atoms with Crippen LogP contribution in [0.2, 0.25) is 0 Å². The molecule has 0 heterocycles.